The molecule has 8 heavy (non-hydrogen) atoms. The third kappa shape index (κ3) is 4.77. The van der Waals surface area contributed by atoms with Crippen LogP contribution in [0.1, 0.15) is 0 Å². The fourth-order valence-corrected chi connectivity index (χ4v) is 1.13. The Labute approximate surface area is 59.8 Å². The molecule has 0 aromatic carbocycles. The minimum absolute atomic E-state index is 0.0992. The second-order valence-corrected chi connectivity index (χ2v) is 3.16. The molecule has 0 radical (unpaired) electrons. The van der Waals surface area contributed by atoms with E-state index in [-0.39, 0.29) is 5.37 Å². The van der Waals surface area contributed by atoms with Crippen molar-refractivity contribution in [1.82, 2.24) is 0 Å². The van der Waals surface area contributed by atoms with Crippen LogP contribution in [0.4, 0.5) is 0 Å². The van der Waals surface area contributed by atoms with Gasteiger partial charge in [0.1, 0.15) is 0 Å². The third-order valence-corrected chi connectivity index (χ3v) is 2.24. The number of rotatable bonds is 4. The zero-order valence-electron chi connectivity index (χ0n) is 4.71. The van der Waals surface area contributed by atoms with Gasteiger partial charge in [0.05, 0.1) is 5.37 Å². The predicted octanol–water partition coefficient (Wildman–Crippen LogP) is -0.107. The minimum atomic E-state index is 0.0992. The highest BCUT2D eigenvalue weighted by molar-refractivity contribution is 8.00. The van der Waals surface area contributed by atoms with Crippen molar-refractivity contribution in [1.29, 1.82) is 0 Å². The summed E-state index contributed by atoms with van der Waals surface area (Å²) in [5.41, 5.74) is 10.7. The first-order chi connectivity index (χ1) is 3.81. The molecule has 0 aliphatic heterocycles. The Hall–Kier alpha value is 0.620. The highest BCUT2D eigenvalue weighted by Crippen LogP contribution is 2.02. The summed E-state index contributed by atoms with van der Waals surface area (Å²) in [6.07, 6.45) is 0. The SMILES string of the molecule is NCC(N)SCCS. The van der Waals surface area contributed by atoms with Crippen molar-refractivity contribution in [3.8, 4) is 0 Å². The molecule has 0 saturated heterocycles. The number of nitrogens with two attached hydrogens (primary N) is 2. The van der Waals surface area contributed by atoms with Crippen LogP contribution < -0.4 is 11.5 Å². The van der Waals surface area contributed by atoms with Crippen LogP contribution >= 0.6 is 24.4 Å². The lowest BCUT2D eigenvalue weighted by Crippen LogP contribution is -2.26. The van der Waals surface area contributed by atoms with Gasteiger partial charge in [0.2, 0.25) is 0 Å². The highest BCUT2D eigenvalue weighted by Gasteiger charge is 1.95. The summed E-state index contributed by atoms with van der Waals surface area (Å²) in [5.74, 6) is 1.86. The van der Waals surface area contributed by atoms with Gasteiger partial charge in [0.15, 0.2) is 0 Å². The van der Waals surface area contributed by atoms with E-state index in [4.69, 9.17) is 11.5 Å². The number of thiol groups is 1. The van der Waals surface area contributed by atoms with Crippen molar-refractivity contribution in [2.24, 2.45) is 11.5 Å². The second-order valence-electron chi connectivity index (χ2n) is 1.37. The molecular weight excluding hydrogens is 140 g/mol. The lowest BCUT2D eigenvalue weighted by molar-refractivity contribution is 0.912. The van der Waals surface area contributed by atoms with E-state index in [1.165, 1.54) is 0 Å². The molecule has 1 unspecified atom stereocenters. The van der Waals surface area contributed by atoms with Gasteiger partial charge in [-0.1, -0.05) is 0 Å². The Morgan fingerprint density at radius 1 is 1.62 bits per heavy atom. The summed E-state index contributed by atoms with van der Waals surface area (Å²) in [6, 6.07) is 0. The van der Waals surface area contributed by atoms with Crippen molar-refractivity contribution in [2.45, 2.75) is 5.37 Å². The van der Waals surface area contributed by atoms with Crippen LogP contribution in [-0.2, 0) is 0 Å². The smallest absolute Gasteiger partial charge is 0.0631 e. The second kappa shape index (κ2) is 5.75. The Morgan fingerprint density at radius 3 is 2.62 bits per heavy atom. The Balaban J connectivity index is 2.86. The first kappa shape index (κ1) is 8.62. The molecule has 0 aromatic heterocycles. The maximum absolute atomic E-state index is 5.46. The van der Waals surface area contributed by atoms with Gasteiger partial charge in [-0.25, -0.2) is 0 Å². The van der Waals surface area contributed by atoms with Crippen molar-refractivity contribution in [2.75, 3.05) is 18.1 Å². The third-order valence-electron chi connectivity index (χ3n) is 0.656. The van der Waals surface area contributed by atoms with E-state index in [0.29, 0.717) is 6.54 Å². The number of thioether (sulfide) groups is 1. The van der Waals surface area contributed by atoms with Gasteiger partial charge < -0.3 is 11.5 Å². The first-order valence-corrected chi connectivity index (χ1v) is 4.17. The molecule has 0 heterocycles. The van der Waals surface area contributed by atoms with Crippen LogP contribution in [0, 0.1) is 0 Å². The van der Waals surface area contributed by atoms with E-state index in [9.17, 15) is 0 Å². The summed E-state index contributed by atoms with van der Waals surface area (Å²) >= 11 is 5.67. The molecule has 0 fully saturated rings. The maximum Gasteiger partial charge on any atom is 0.0631 e. The van der Waals surface area contributed by atoms with Gasteiger partial charge >= 0.3 is 0 Å². The Bertz CT molecular complexity index is 51.3. The van der Waals surface area contributed by atoms with Crippen LogP contribution in [0.2, 0.25) is 0 Å². The van der Waals surface area contributed by atoms with E-state index in [2.05, 4.69) is 12.6 Å². The standard InChI is InChI=1S/C4H12N2S2/c5-3-4(6)8-2-1-7/h4,7H,1-3,5-6H2. The monoisotopic (exact) mass is 152 g/mol. The molecule has 0 amide bonds. The summed E-state index contributed by atoms with van der Waals surface area (Å²) < 4.78 is 0. The number of hydrogen-bond acceptors (Lipinski definition) is 4. The van der Waals surface area contributed by atoms with E-state index < -0.39 is 0 Å². The zero-order chi connectivity index (χ0) is 6.41. The van der Waals surface area contributed by atoms with Crippen LogP contribution in [-0.4, -0.2) is 23.4 Å². The molecule has 0 saturated carbocycles. The highest BCUT2D eigenvalue weighted by atomic mass is 32.2. The van der Waals surface area contributed by atoms with Gasteiger partial charge in [-0.3, -0.25) is 0 Å². The van der Waals surface area contributed by atoms with Crippen molar-refractivity contribution in [3.05, 3.63) is 0 Å². The largest absolute Gasteiger partial charge is 0.328 e. The van der Waals surface area contributed by atoms with Crippen molar-refractivity contribution in [3.63, 3.8) is 0 Å². The zero-order valence-corrected chi connectivity index (χ0v) is 6.42. The molecule has 0 rings (SSSR count). The lowest BCUT2D eigenvalue weighted by atomic mass is 10.7. The van der Waals surface area contributed by atoms with Gasteiger partial charge in [-0.05, 0) is 5.75 Å². The lowest BCUT2D eigenvalue weighted by Gasteiger charge is -2.04. The predicted molar refractivity (Wildman–Crippen MR) is 43.3 cm³/mol. The molecule has 0 aliphatic rings. The van der Waals surface area contributed by atoms with Gasteiger partial charge in [0, 0.05) is 12.3 Å². The van der Waals surface area contributed by atoms with Crippen molar-refractivity contribution < 1.29 is 0 Å². The Morgan fingerprint density at radius 2 is 2.25 bits per heavy atom. The fraction of sp³-hybridized carbons (Fsp3) is 1.00. The average molecular weight is 152 g/mol. The molecule has 2 nitrogen and oxygen atoms in total. The summed E-state index contributed by atoms with van der Waals surface area (Å²) in [5, 5.41) is 0.0992. The molecule has 4 heteroatoms. The van der Waals surface area contributed by atoms with E-state index in [1.54, 1.807) is 11.8 Å². The Kier molecular flexibility index (Phi) is 6.20. The fourth-order valence-electron chi connectivity index (χ4n) is 0.272. The van der Waals surface area contributed by atoms with Gasteiger partial charge in [-0.15, -0.1) is 11.8 Å². The molecule has 50 valence electrons. The molecule has 0 spiro atoms. The molecule has 0 bridgehead atoms. The molecule has 1 atom stereocenters. The topological polar surface area (TPSA) is 52.0 Å². The van der Waals surface area contributed by atoms with E-state index >= 15 is 0 Å². The van der Waals surface area contributed by atoms with E-state index in [0.717, 1.165) is 11.5 Å². The van der Waals surface area contributed by atoms with Crippen LogP contribution in [0.5, 0.6) is 0 Å². The molecule has 4 N–H and O–H groups in total. The average Bonchev–Trinajstić information content (AvgIpc) is 1.83. The van der Waals surface area contributed by atoms with Gasteiger partial charge in [0.25, 0.3) is 0 Å². The normalized spacial score (nSPS) is 13.9. The maximum atomic E-state index is 5.46. The summed E-state index contributed by atoms with van der Waals surface area (Å²) in [6.45, 7) is 0.554. The first-order valence-electron chi connectivity index (χ1n) is 2.49. The minimum Gasteiger partial charge on any atom is -0.328 e. The van der Waals surface area contributed by atoms with Crippen LogP contribution in [0.15, 0.2) is 0 Å². The van der Waals surface area contributed by atoms with E-state index in [1.807, 2.05) is 0 Å². The summed E-state index contributed by atoms with van der Waals surface area (Å²) in [4.78, 5) is 0. The molecule has 0 aliphatic carbocycles. The molecular formula is C4H12N2S2. The summed E-state index contributed by atoms with van der Waals surface area (Å²) in [7, 11) is 0. The van der Waals surface area contributed by atoms with Crippen molar-refractivity contribution >= 4 is 24.4 Å². The van der Waals surface area contributed by atoms with Crippen LogP contribution in [0.3, 0.4) is 0 Å². The van der Waals surface area contributed by atoms with Crippen LogP contribution in [0.25, 0.3) is 0 Å². The number of hydrogen-bond donors (Lipinski definition) is 3. The molecule has 0 aromatic rings. The quantitative estimate of drug-likeness (QED) is 0.389. The van der Waals surface area contributed by atoms with Gasteiger partial charge in [-0.2, -0.15) is 12.6 Å².